The maximum atomic E-state index is 12.0. The molecule has 0 aliphatic carbocycles. The molecular formula is C14H9ClF3NO4S. The van der Waals surface area contributed by atoms with Crippen molar-refractivity contribution < 1.29 is 32.2 Å². The Hall–Kier alpha value is -2.26. The summed E-state index contributed by atoms with van der Waals surface area (Å²) in [6.07, 6.45) is -4.79. The van der Waals surface area contributed by atoms with Crippen LogP contribution in [0.2, 0.25) is 4.34 Å². The van der Waals surface area contributed by atoms with Crippen LogP contribution in [0.1, 0.15) is 9.67 Å². The van der Waals surface area contributed by atoms with E-state index in [0.717, 1.165) is 23.5 Å². The summed E-state index contributed by atoms with van der Waals surface area (Å²) in [5.41, 5.74) is 0.227. The molecule has 0 aliphatic heterocycles. The maximum absolute atomic E-state index is 12.0. The highest BCUT2D eigenvalue weighted by Crippen LogP contribution is 2.24. The first kappa shape index (κ1) is 18.1. The Morgan fingerprint density at radius 3 is 2.33 bits per heavy atom. The molecule has 0 fully saturated rings. The number of esters is 1. The third kappa shape index (κ3) is 5.74. The second kappa shape index (κ2) is 7.54. The van der Waals surface area contributed by atoms with Gasteiger partial charge in [-0.2, -0.15) is 0 Å². The maximum Gasteiger partial charge on any atom is 0.573 e. The zero-order valence-corrected chi connectivity index (χ0v) is 13.3. The normalized spacial score (nSPS) is 11.0. The molecule has 24 heavy (non-hydrogen) atoms. The fourth-order valence-electron chi connectivity index (χ4n) is 1.56. The number of alkyl halides is 3. The summed E-state index contributed by atoms with van der Waals surface area (Å²) >= 11 is 6.69. The van der Waals surface area contributed by atoms with Gasteiger partial charge in [0.15, 0.2) is 6.61 Å². The zero-order valence-electron chi connectivity index (χ0n) is 11.7. The molecule has 1 aromatic carbocycles. The van der Waals surface area contributed by atoms with E-state index in [2.05, 4.69) is 10.1 Å². The molecule has 1 N–H and O–H groups in total. The van der Waals surface area contributed by atoms with Gasteiger partial charge >= 0.3 is 12.3 Å². The molecule has 2 aromatic rings. The van der Waals surface area contributed by atoms with Gasteiger partial charge in [-0.05, 0) is 36.4 Å². The van der Waals surface area contributed by atoms with E-state index in [9.17, 15) is 22.8 Å². The van der Waals surface area contributed by atoms with Gasteiger partial charge in [-0.15, -0.1) is 24.5 Å². The first-order valence-electron chi connectivity index (χ1n) is 6.31. The average molecular weight is 380 g/mol. The number of rotatable bonds is 5. The Morgan fingerprint density at radius 2 is 1.79 bits per heavy atom. The summed E-state index contributed by atoms with van der Waals surface area (Å²) in [5.74, 6) is -1.76. The first-order valence-corrected chi connectivity index (χ1v) is 7.50. The van der Waals surface area contributed by atoms with Crippen molar-refractivity contribution in [1.29, 1.82) is 0 Å². The van der Waals surface area contributed by atoms with E-state index in [1.807, 2.05) is 0 Å². The van der Waals surface area contributed by atoms with E-state index in [-0.39, 0.29) is 10.6 Å². The van der Waals surface area contributed by atoms with Gasteiger partial charge in [0.05, 0.1) is 4.34 Å². The molecule has 0 spiro atoms. The highest BCUT2D eigenvalue weighted by atomic mass is 35.5. The molecule has 1 amide bonds. The van der Waals surface area contributed by atoms with Gasteiger partial charge in [-0.3, -0.25) is 4.79 Å². The van der Waals surface area contributed by atoms with E-state index in [4.69, 9.17) is 16.3 Å². The topological polar surface area (TPSA) is 64.6 Å². The molecule has 1 aromatic heterocycles. The molecule has 2 rings (SSSR count). The highest BCUT2D eigenvalue weighted by molar-refractivity contribution is 7.17. The van der Waals surface area contributed by atoms with Gasteiger partial charge in [-0.1, -0.05) is 11.6 Å². The van der Waals surface area contributed by atoms with Crippen molar-refractivity contribution in [2.75, 3.05) is 11.9 Å². The summed E-state index contributed by atoms with van der Waals surface area (Å²) in [6, 6.07) is 7.52. The van der Waals surface area contributed by atoms with Crippen LogP contribution in [0.25, 0.3) is 0 Å². The number of amides is 1. The lowest BCUT2D eigenvalue weighted by Crippen LogP contribution is -2.20. The van der Waals surface area contributed by atoms with Crippen molar-refractivity contribution in [3.8, 4) is 5.75 Å². The number of hydrogen-bond acceptors (Lipinski definition) is 5. The number of benzene rings is 1. The van der Waals surface area contributed by atoms with Crippen LogP contribution in [-0.2, 0) is 9.53 Å². The number of anilines is 1. The third-order valence-electron chi connectivity index (χ3n) is 2.48. The lowest BCUT2D eigenvalue weighted by atomic mass is 10.3. The molecular weight excluding hydrogens is 371 g/mol. The Balaban J connectivity index is 1.83. The molecule has 0 unspecified atom stereocenters. The molecule has 0 atom stereocenters. The number of thiophene rings is 1. The Morgan fingerprint density at radius 1 is 1.12 bits per heavy atom. The second-order valence-corrected chi connectivity index (χ2v) is 6.02. The highest BCUT2D eigenvalue weighted by Gasteiger charge is 2.30. The van der Waals surface area contributed by atoms with Crippen LogP contribution in [0, 0.1) is 0 Å². The summed E-state index contributed by atoms with van der Waals surface area (Å²) < 4.78 is 45.0. The predicted octanol–water partition coefficient (Wildman–Crippen LogP) is 4.10. The summed E-state index contributed by atoms with van der Waals surface area (Å²) in [4.78, 5) is 23.5. The van der Waals surface area contributed by atoms with E-state index < -0.39 is 30.6 Å². The van der Waals surface area contributed by atoms with Crippen molar-refractivity contribution in [1.82, 2.24) is 0 Å². The van der Waals surface area contributed by atoms with Crippen molar-refractivity contribution in [3.05, 3.63) is 45.6 Å². The van der Waals surface area contributed by atoms with Crippen molar-refractivity contribution in [2.45, 2.75) is 6.36 Å². The predicted molar refractivity (Wildman–Crippen MR) is 81.4 cm³/mol. The van der Waals surface area contributed by atoms with E-state index >= 15 is 0 Å². The number of carbonyl (C=O) groups excluding carboxylic acids is 2. The monoisotopic (exact) mass is 379 g/mol. The van der Waals surface area contributed by atoms with Gasteiger partial charge in [0.2, 0.25) is 0 Å². The van der Waals surface area contributed by atoms with Crippen LogP contribution in [-0.4, -0.2) is 24.8 Å². The fraction of sp³-hybridized carbons (Fsp3) is 0.143. The largest absolute Gasteiger partial charge is 0.573 e. The van der Waals surface area contributed by atoms with Crippen LogP contribution in [0.3, 0.4) is 0 Å². The van der Waals surface area contributed by atoms with Crippen molar-refractivity contribution >= 4 is 40.5 Å². The lowest BCUT2D eigenvalue weighted by molar-refractivity contribution is -0.274. The van der Waals surface area contributed by atoms with Crippen LogP contribution < -0.4 is 10.1 Å². The third-order valence-corrected chi connectivity index (χ3v) is 3.69. The molecule has 1 heterocycles. The van der Waals surface area contributed by atoms with E-state index in [1.54, 1.807) is 0 Å². The van der Waals surface area contributed by atoms with Gasteiger partial charge < -0.3 is 14.8 Å². The summed E-state index contributed by atoms with van der Waals surface area (Å²) in [5, 5.41) is 2.37. The first-order chi connectivity index (χ1) is 11.2. The van der Waals surface area contributed by atoms with Gasteiger partial charge in [0, 0.05) is 5.69 Å². The Bertz CT molecular complexity index is 730. The molecule has 10 heteroatoms. The van der Waals surface area contributed by atoms with Gasteiger partial charge in [0.25, 0.3) is 5.91 Å². The molecule has 0 aliphatic rings. The number of ether oxygens (including phenoxy) is 2. The second-order valence-electron chi connectivity index (χ2n) is 4.30. The van der Waals surface area contributed by atoms with Crippen LogP contribution in [0.15, 0.2) is 36.4 Å². The minimum atomic E-state index is -4.79. The minimum absolute atomic E-state index is 0.227. The van der Waals surface area contributed by atoms with E-state index in [1.165, 1.54) is 24.3 Å². The van der Waals surface area contributed by atoms with Crippen LogP contribution >= 0.6 is 22.9 Å². The summed E-state index contributed by atoms with van der Waals surface area (Å²) in [6.45, 7) is -0.546. The van der Waals surface area contributed by atoms with E-state index in [0.29, 0.717) is 4.34 Å². The minimum Gasteiger partial charge on any atom is -0.451 e. The van der Waals surface area contributed by atoms with Gasteiger partial charge in [0.1, 0.15) is 10.6 Å². The molecule has 0 bridgehead atoms. The Kier molecular flexibility index (Phi) is 5.68. The van der Waals surface area contributed by atoms with Crippen molar-refractivity contribution in [3.63, 3.8) is 0 Å². The smallest absolute Gasteiger partial charge is 0.451 e. The van der Waals surface area contributed by atoms with Gasteiger partial charge in [-0.25, -0.2) is 4.79 Å². The Labute approximate surface area is 142 Å². The number of hydrogen-bond donors (Lipinski definition) is 1. The lowest BCUT2D eigenvalue weighted by Gasteiger charge is -2.10. The molecule has 5 nitrogen and oxygen atoms in total. The number of carbonyl (C=O) groups is 2. The van der Waals surface area contributed by atoms with Crippen LogP contribution in [0.5, 0.6) is 5.75 Å². The molecule has 0 saturated carbocycles. The standard InChI is InChI=1S/C14H9ClF3NO4S/c15-11-6-5-10(24-11)13(21)22-7-12(20)19-8-1-3-9(4-2-8)23-14(16,17)18/h1-6H,7H2,(H,19,20). The fourth-order valence-corrected chi connectivity index (χ4v) is 2.50. The molecule has 0 radical (unpaired) electrons. The SMILES string of the molecule is O=C(COC(=O)c1ccc(Cl)s1)Nc1ccc(OC(F)(F)F)cc1. The zero-order chi connectivity index (χ0) is 17.7. The van der Waals surface area contributed by atoms with Crippen LogP contribution in [0.4, 0.5) is 18.9 Å². The molecule has 128 valence electrons. The average Bonchev–Trinajstić information content (AvgIpc) is 2.92. The molecule has 0 saturated heterocycles. The summed E-state index contributed by atoms with van der Waals surface area (Å²) in [7, 11) is 0. The number of halogens is 4. The van der Waals surface area contributed by atoms with Crippen molar-refractivity contribution in [2.24, 2.45) is 0 Å². The number of nitrogens with one attached hydrogen (secondary N) is 1. The quantitative estimate of drug-likeness (QED) is 0.794.